The van der Waals surface area contributed by atoms with Gasteiger partial charge in [0.05, 0.1) is 0 Å². The van der Waals surface area contributed by atoms with Crippen LogP contribution in [0.2, 0.25) is 18.1 Å². The first-order valence-corrected chi connectivity index (χ1v) is 11.3. The molecule has 116 valence electrons. The van der Waals surface area contributed by atoms with Crippen molar-refractivity contribution in [3.05, 3.63) is 0 Å². The summed E-state index contributed by atoms with van der Waals surface area (Å²) in [5.74, 6) is 0. The summed E-state index contributed by atoms with van der Waals surface area (Å²) in [6, 6.07) is 0. The predicted octanol–water partition coefficient (Wildman–Crippen LogP) is 6.54. The van der Waals surface area contributed by atoms with Crippen molar-refractivity contribution in [1.29, 1.82) is 0 Å². The fourth-order valence-corrected chi connectivity index (χ4v) is 3.52. The van der Waals surface area contributed by atoms with Gasteiger partial charge in [-0.15, -0.1) is 0 Å². The normalized spacial score (nSPS) is 13.3. The molecule has 0 N–H and O–H groups in total. The molecule has 0 radical (unpaired) electrons. The molecule has 19 heavy (non-hydrogen) atoms. The van der Waals surface area contributed by atoms with Gasteiger partial charge in [-0.3, -0.25) is 0 Å². The van der Waals surface area contributed by atoms with E-state index >= 15 is 0 Å². The van der Waals surface area contributed by atoms with Crippen LogP contribution >= 0.6 is 0 Å². The second kappa shape index (κ2) is 9.18. The minimum atomic E-state index is -1.59. The highest BCUT2D eigenvalue weighted by Crippen LogP contribution is 2.38. The Hall–Kier alpha value is 0.177. The zero-order chi connectivity index (χ0) is 14.9. The average Bonchev–Trinajstić information content (AvgIpc) is 2.27. The third kappa shape index (κ3) is 8.14. The molecule has 0 spiro atoms. The van der Waals surface area contributed by atoms with Crippen molar-refractivity contribution in [3.8, 4) is 0 Å². The van der Waals surface area contributed by atoms with Crippen LogP contribution in [-0.2, 0) is 4.43 Å². The van der Waals surface area contributed by atoms with E-state index in [0.717, 1.165) is 0 Å². The summed E-state index contributed by atoms with van der Waals surface area (Å²) in [6.45, 7) is 16.4. The number of unbranched alkanes of at least 4 members (excludes halogenated alkanes) is 4. The van der Waals surface area contributed by atoms with Gasteiger partial charge in [-0.2, -0.15) is 0 Å². The molecule has 0 saturated heterocycles. The topological polar surface area (TPSA) is 9.23 Å². The van der Waals surface area contributed by atoms with E-state index in [1.165, 1.54) is 51.4 Å². The van der Waals surface area contributed by atoms with Crippen LogP contribution in [-0.4, -0.2) is 14.4 Å². The van der Waals surface area contributed by atoms with E-state index in [1.807, 2.05) is 0 Å². The minimum absolute atomic E-state index is 0.334. The van der Waals surface area contributed by atoms with Gasteiger partial charge < -0.3 is 4.43 Å². The highest BCUT2D eigenvalue weighted by atomic mass is 28.4. The Kier molecular flexibility index (Phi) is 9.26. The summed E-state index contributed by atoms with van der Waals surface area (Å²) in [5.41, 5.74) is 0. The molecule has 0 bridgehead atoms. The fraction of sp³-hybridized carbons (Fsp3) is 1.00. The first kappa shape index (κ1) is 19.2. The molecule has 0 aliphatic heterocycles. The monoisotopic (exact) mass is 286 g/mol. The van der Waals surface area contributed by atoms with Gasteiger partial charge in [0.2, 0.25) is 0 Å². The van der Waals surface area contributed by atoms with Gasteiger partial charge in [0.1, 0.15) is 0 Å². The van der Waals surface area contributed by atoms with E-state index in [0.29, 0.717) is 11.1 Å². The summed E-state index contributed by atoms with van der Waals surface area (Å²) in [7, 11) is -1.59. The molecule has 0 amide bonds. The van der Waals surface area contributed by atoms with Crippen LogP contribution in [0.1, 0.15) is 86.0 Å². The lowest BCUT2D eigenvalue weighted by Gasteiger charge is -2.39. The Morgan fingerprint density at radius 3 is 1.58 bits per heavy atom. The summed E-state index contributed by atoms with van der Waals surface area (Å²) < 4.78 is 6.63. The summed E-state index contributed by atoms with van der Waals surface area (Å²) in [5, 5.41) is 0.334. The van der Waals surface area contributed by atoms with Crippen LogP contribution < -0.4 is 0 Å². The van der Waals surface area contributed by atoms with Crippen LogP contribution in [0.3, 0.4) is 0 Å². The van der Waals surface area contributed by atoms with Crippen molar-refractivity contribution in [2.75, 3.05) is 0 Å². The standard InChI is InChI=1S/C17H38OSi/c1-8-10-12-14-16(15-13-11-9-2)18-19(6,7)17(3,4)5/h16H,8-15H2,1-7H3. The summed E-state index contributed by atoms with van der Waals surface area (Å²) >= 11 is 0. The predicted molar refractivity (Wildman–Crippen MR) is 90.4 cm³/mol. The molecule has 0 aromatic heterocycles. The fourth-order valence-electron chi connectivity index (χ4n) is 2.10. The Bertz CT molecular complexity index is 208. The highest BCUT2D eigenvalue weighted by Gasteiger charge is 2.38. The second-order valence-electron chi connectivity index (χ2n) is 7.49. The van der Waals surface area contributed by atoms with E-state index in [2.05, 4.69) is 47.7 Å². The Labute approximate surface area is 123 Å². The SMILES string of the molecule is CCCCCC(CCCCC)O[Si](C)(C)C(C)(C)C. The molecule has 0 heterocycles. The molecule has 0 aliphatic rings. The zero-order valence-electron chi connectivity index (χ0n) is 14.6. The molecule has 1 nitrogen and oxygen atoms in total. The Balaban J connectivity index is 4.38. The van der Waals surface area contributed by atoms with Gasteiger partial charge in [0.25, 0.3) is 0 Å². The largest absolute Gasteiger partial charge is 0.414 e. The van der Waals surface area contributed by atoms with E-state index in [4.69, 9.17) is 4.43 Å². The minimum Gasteiger partial charge on any atom is -0.414 e. The van der Waals surface area contributed by atoms with Crippen molar-refractivity contribution in [1.82, 2.24) is 0 Å². The first-order valence-electron chi connectivity index (χ1n) is 8.42. The Morgan fingerprint density at radius 1 is 0.842 bits per heavy atom. The van der Waals surface area contributed by atoms with Gasteiger partial charge in [-0.05, 0) is 31.0 Å². The average molecular weight is 287 g/mol. The van der Waals surface area contributed by atoms with Crippen LogP contribution in [0.15, 0.2) is 0 Å². The van der Waals surface area contributed by atoms with Gasteiger partial charge in [-0.25, -0.2) is 0 Å². The second-order valence-corrected chi connectivity index (χ2v) is 12.2. The van der Waals surface area contributed by atoms with Gasteiger partial charge in [0.15, 0.2) is 8.32 Å². The van der Waals surface area contributed by atoms with Crippen molar-refractivity contribution >= 4 is 8.32 Å². The van der Waals surface area contributed by atoms with Crippen LogP contribution in [0, 0.1) is 0 Å². The molecule has 2 heteroatoms. The molecule has 0 fully saturated rings. The smallest absolute Gasteiger partial charge is 0.192 e. The lowest BCUT2D eigenvalue weighted by molar-refractivity contribution is 0.154. The molecule has 0 aliphatic carbocycles. The van der Waals surface area contributed by atoms with Gasteiger partial charge >= 0.3 is 0 Å². The van der Waals surface area contributed by atoms with Crippen LogP contribution in [0.5, 0.6) is 0 Å². The molecule has 0 saturated carbocycles. The molecule has 0 unspecified atom stereocenters. The summed E-state index contributed by atoms with van der Waals surface area (Å²) in [6.07, 6.45) is 11.0. The third-order valence-electron chi connectivity index (χ3n) is 4.53. The number of hydrogen-bond donors (Lipinski definition) is 0. The van der Waals surface area contributed by atoms with Crippen molar-refractivity contribution < 1.29 is 4.43 Å². The van der Waals surface area contributed by atoms with Crippen molar-refractivity contribution in [3.63, 3.8) is 0 Å². The maximum atomic E-state index is 6.63. The van der Waals surface area contributed by atoms with Gasteiger partial charge in [0, 0.05) is 6.10 Å². The quantitative estimate of drug-likeness (QED) is 0.327. The molecule has 0 atom stereocenters. The molecule has 0 aromatic carbocycles. The lowest BCUT2D eigenvalue weighted by atomic mass is 10.0. The van der Waals surface area contributed by atoms with Crippen LogP contribution in [0.25, 0.3) is 0 Å². The van der Waals surface area contributed by atoms with E-state index in [-0.39, 0.29) is 0 Å². The summed E-state index contributed by atoms with van der Waals surface area (Å²) in [4.78, 5) is 0. The zero-order valence-corrected chi connectivity index (χ0v) is 15.6. The molecule has 0 rings (SSSR count). The van der Waals surface area contributed by atoms with E-state index in [1.54, 1.807) is 0 Å². The molecular weight excluding hydrogens is 248 g/mol. The lowest BCUT2D eigenvalue weighted by Crippen LogP contribution is -2.44. The van der Waals surface area contributed by atoms with Crippen LogP contribution in [0.4, 0.5) is 0 Å². The Morgan fingerprint density at radius 2 is 1.26 bits per heavy atom. The first-order chi connectivity index (χ1) is 8.74. The highest BCUT2D eigenvalue weighted by molar-refractivity contribution is 6.74. The number of rotatable bonds is 10. The van der Waals surface area contributed by atoms with E-state index in [9.17, 15) is 0 Å². The van der Waals surface area contributed by atoms with E-state index < -0.39 is 8.32 Å². The maximum absolute atomic E-state index is 6.63. The molecule has 0 aromatic rings. The third-order valence-corrected chi connectivity index (χ3v) is 9.06. The van der Waals surface area contributed by atoms with Crippen molar-refractivity contribution in [2.45, 2.75) is 110 Å². The van der Waals surface area contributed by atoms with Crippen molar-refractivity contribution in [2.24, 2.45) is 0 Å². The molecular formula is C17H38OSi. The van der Waals surface area contributed by atoms with Gasteiger partial charge in [-0.1, -0.05) is 73.1 Å². The maximum Gasteiger partial charge on any atom is 0.192 e. The number of hydrogen-bond acceptors (Lipinski definition) is 1.